The summed E-state index contributed by atoms with van der Waals surface area (Å²) in [6, 6.07) is 0. The average molecular weight is 276 g/mol. The minimum Gasteiger partial charge on any atom is -0.378 e. The summed E-state index contributed by atoms with van der Waals surface area (Å²) in [6.45, 7) is 1.66. The van der Waals surface area contributed by atoms with E-state index in [1.54, 1.807) is 0 Å². The Labute approximate surface area is 111 Å². The first kappa shape index (κ1) is 12.9. The molecule has 0 saturated carbocycles. The van der Waals surface area contributed by atoms with Crippen LogP contribution < -0.4 is 5.32 Å². The molecule has 2 rings (SSSR count). The van der Waals surface area contributed by atoms with E-state index >= 15 is 0 Å². The normalized spacial score (nSPS) is 20.2. The topological polar surface area (TPSA) is 47.0 Å². The first-order valence-corrected chi connectivity index (χ1v) is 6.55. The SMILES string of the molecule is Clc1ncc(Cl)c(NCCC2CCCCO2)n1. The highest BCUT2D eigenvalue weighted by atomic mass is 35.5. The van der Waals surface area contributed by atoms with Gasteiger partial charge in [-0.15, -0.1) is 0 Å². The van der Waals surface area contributed by atoms with Crippen LogP contribution in [0.25, 0.3) is 0 Å². The number of hydrogen-bond donors (Lipinski definition) is 1. The third kappa shape index (κ3) is 3.98. The van der Waals surface area contributed by atoms with Gasteiger partial charge in [0.25, 0.3) is 0 Å². The number of aromatic nitrogens is 2. The third-order valence-corrected chi connectivity index (χ3v) is 3.21. The van der Waals surface area contributed by atoms with Crippen LogP contribution in [0.2, 0.25) is 10.3 Å². The molecular formula is C11H15Cl2N3O. The second-order valence-electron chi connectivity index (χ2n) is 4.04. The zero-order valence-electron chi connectivity index (χ0n) is 9.46. The molecule has 0 aromatic carbocycles. The number of anilines is 1. The third-order valence-electron chi connectivity index (χ3n) is 2.75. The van der Waals surface area contributed by atoms with Gasteiger partial charge in [0.15, 0.2) is 0 Å². The van der Waals surface area contributed by atoms with Crippen molar-refractivity contribution in [3.8, 4) is 0 Å². The van der Waals surface area contributed by atoms with Crippen molar-refractivity contribution in [1.29, 1.82) is 0 Å². The van der Waals surface area contributed by atoms with Crippen molar-refractivity contribution in [1.82, 2.24) is 9.97 Å². The molecule has 94 valence electrons. The maximum Gasteiger partial charge on any atom is 0.224 e. The fourth-order valence-corrected chi connectivity index (χ4v) is 2.15. The molecular weight excluding hydrogens is 261 g/mol. The summed E-state index contributed by atoms with van der Waals surface area (Å²) in [5.74, 6) is 0.586. The summed E-state index contributed by atoms with van der Waals surface area (Å²) in [5.41, 5.74) is 0. The van der Waals surface area contributed by atoms with Crippen molar-refractivity contribution in [2.24, 2.45) is 0 Å². The van der Waals surface area contributed by atoms with Crippen LogP contribution >= 0.6 is 23.2 Å². The summed E-state index contributed by atoms with van der Waals surface area (Å²) in [5, 5.41) is 3.84. The van der Waals surface area contributed by atoms with Crippen LogP contribution in [0.15, 0.2) is 6.20 Å². The Morgan fingerprint density at radius 2 is 2.29 bits per heavy atom. The molecule has 1 aliphatic rings. The first-order valence-electron chi connectivity index (χ1n) is 5.79. The van der Waals surface area contributed by atoms with Crippen LogP contribution in [0.4, 0.5) is 5.82 Å². The van der Waals surface area contributed by atoms with E-state index in [1.165, 1.54) is 19.0 Å². The predicted molar refractivity (Wildman–Crippen MR) is 68.7 cm³/mol. The number of rotatable bonds is 4. The zero-order chi connectivity index (χ0) is 12.1. The Morgan fingerprint density at radius 3 is 3.06 bits per heavy atom. The number of ether oxygens (including phenoxy) is 1. The highest BCUT2D eigenvalue weighted by Gasteiger charge is 2.13. The van der Waals surface area contributed by atoms with Gasteiger partial charge in [-0.05, 0) is 37.3 Å². The van der Waals surface area contributed by atoms with Gasteiger partial charge < -0.3 is 10.1 Å². The summed E-state index contributed by atoms with van der Waals surface area (Å²) in [4.78, 5) is 7.82. The van der Waals surface area contributed by atoms with E-state index in [0.29, 0.717) is 16.9 Å². The molecule has 0 amide bonds. The van der Waals surface area contributed by atoms with Gasteiger partial charge in [-0.2, -0.15) is 4.98 Å². The summed E-state index contributed by atoms with van der Waals surface area (Å²) in [6.07, 6.45) is 6.38. The molecule has 0 spiro atoms. The van der Waals surface area contributed by atoms with Crippen molar-refractivity contribution in [3.63, 3.8) is 0 Å². The summed E-state index contributed by atoms with van der Waals surface area (Å²) >= 11 is 11.6. The molecule has 1 aromatic rings. The van der Waals surface area contributed by atoms with Gasteiger partial charge in [0.2, 0.25) is 5.28 Å². The molecule has 1 unspecified atom stereocenters. The van der Waals surface area contributed by atoms with Gasteiger partial charge in [0, 0.05) is 13.2 Å². The number of halogens is 2. The number of hydrogen-bond acceptors (Lipinski definition) is 4. The Bertz CT molecular complexity index is 370. The molecule has 6 heteroatoms. The van der Waals surface area contributed by atoms with E-state index in [2.05, 4.69) is 15.3 Å². The van der Waals surface area contributed by atoms with Crippen LogP contribution in [-0.2, 0) is 4.74 Å². The van der Waals surface area contributed by atoms with E-state index in [9.17, 15) is 0 Å². The molecule has 4 nitrogen and oxygen atoms in total. The van der Waals surface area contributed by atoms with Crippen LogP contribution in [0.3, 0.4) is 0 Å². The lowest BCUT2D eigenvalue weighted by atomic mass is 10.1. The molecule has 1 aliphatic heterocycles. The molecule has 1 saturated heterocycles. The van der Waals surface area contributed by atoms with Crippen molar-refractivity contribution in [2.45, 2.75) is 31.8 Å². The molecule has 0 bridgehead atoms. The Kier molecular flexibility index (Phi) is 4.83. The zero-order valence-corrected chi connectivity index (χ0v) is 11.0. The standard InChI is InChI=1S/C11H15Cl2N3O/c12-9-7-15-11(13)16-10(9)14-5-4-8-3-1-2-6-17-8/h7-8H,1-6H2,(H,14,15,16). The maximum atomic E-state index is 5.94. The quantitative estimate of drug-likeness (QED) is 0.858. The average Bonchev–Trinajstić information content (AvgIpc) is 2.35. The van der Waals surface area contributed by atoms with Gasteiger partial charge in [0.1, 0.15) is 10.8 Å². The van der Waals surface area contributed by atoms with Crippen molar-refractivity contribution >= 4 is 29.0 Å². The molecule has 1 N–H and O–H groups in total. The van der Waals surface area contributed by atoms with E-state index < -0.39 is 0 Å². The van der Waals surface area contributed by atoms with Crippen molar-refractivity contribution in [3.05, 3.63) is 16.5 Å². The molecule has 2 heterocycles. The van der Waals surface area contributed by atoms with Gasteiger partial charge in [-0.3, -0.25) is 0 Å². The largest absolute Gasteiger partial charge is 0.378 e. The predicted octanol–water partition coefficient (Wildman–Crippen LogP) is 3.15. The lowest BCUT2D eigenvalue weighted by molar-refractivity contribution is 0.0134. The molecule has 1 aromatic heterocycles. The Balaban J connectivity index is 1.79. The van der Waals surface area contributed by atoms with Gasteiger partial charge >= 0.3 is 0 Å². The Morgan fingerprint density at radius 1 is 1.41 bits per heavy atom. The lowest BCUT2D eigenvalue weighted by Crippen LogP contribution is -2.22. The van der Waals surface area contributed by atoms with Crippen LogP contribution in [-0.4, -0.2) is 29.2 Å². The van der Waals surface area contributed by atoms with Gasteiger partial charge in [0.05, 0.1) is 12.3 Å². The molecule has 1 atom stereocenters. The van der Waals surface area contributed by atoms with Gasteiger partial charge in [-0.25, -0.2) is 4.98 Å². The highest BCUT2D eigenvalue weighted by molar-refractivity contribution is 6.33. The highest BCUT2D eigenvalue weighted by Crippen LogP contribution is 2.20. The van der Waals surface area contributed by atoms with Crippen LogP contribution in [0.1, 0.15) is 25.7 Å². The minimum absolute atomic E-state index is 0.200. The Hall–Kier alpha value is -0.580. The van der Waals surface area contributed by atoms with E-state index in [0.717, 1.165) is 26.0 Å². The van der Waals surface area contributed by atoms with E-state index in [4.69, 9.17) is 27.9 Å². The van der Waals surface area contributed by atoms with E-state index in [1.807, 2.05) is 0 Å². The van der Waals surface area contributed by atoms with Crippen LogP contribution in [0.5, 0.6) is 0 Å². The molecule has 17 heavy (non-hydrogen) atoms. The molecule has 0 radical (unpaired) electrons. The smallest absolute Gasteiger partial charge is 0.224 e. The second kappa shape index (κ2) is 6.38. The monoisotopic (exact) mass is 275 g/mol. The first-order chi connectivity index (χ1) is 8.25. The van der Waals surface area contributed by atoms with Crippen molar-refractivity contribution < 1.29 is 4.74 Å². The number of nitrogens with one attached hydrogen (secondary N) is 1. The van der Waals surface area contributed by atoms with Crippen LogP contribution in [0, 0.1) is 0 Å². The minimum atomic E-state index is 0.200. The van der Waals surface area contributed by atoms with Gasteiger partial charge in [-0.1, -0.05) is 11.6 Å². The summed E-state index contributed by atoms with van der Waals surface area (Å²) < 4.78 is 5.64. The maximum absolute atomic E-state index is 5.94. The lowest BCUT2D eigenvalue weighted by Gasteiger charge is -2.22. The fraction of sp³-hybridized carbons (Fsp3) is 0.636. The van der Waals surface area contributed by atoms with Crippen molar-refractivity contribution in [2.75, 3.05) is 18.5 Å². The molecule has 1 fully saturated rings. The number of nitrogens with zero attached hydrogens (tertiary/aromatic N) is 2. The molecule has 0 aliphatic carbocycles. The van der Waals surface area contributed by atoms with E-state index in [-0.39, 0.29) is 5.28 Å². The fourth-order valence-electron chi connectivity index (χ4n) is 1.86. The summed E-state index contributed by atoms with van der Waals surface area (Å²) in [7, 11) is 0. The second-order valence-corrected chi connectivity index (χ2v) is 4.78.